The Balaban J connectivity index is 1.99. The summed E-state index contributed by atoms with van der Waals surface area (Å²) in [5.74, 6) is -0.737. The molecule has 2 rings (SSSR count). The van der Waals surface area contributed by atoms with Gasteiger partial charge in [0.25, 0.3) is 0 Å². The van der Waals surface area contributed by atoms with Crippen LogP contribution in [0, 0.1) is 11.6 Å². The van der Waals surface area contributed by atoms with Gasteiger partial charge in [-0.15, -0.1) is 0 Å². The lowest BCUT2D eigenvalue weighted by Gasteiger charge is -2.03. The zero-order valence-corrected chi connectivity index (χ0v) is 9.20. The van der Waals surface area contributed by atoms with Crippen molar-refractivity contribution in [2.45, 2.75) is 19.9 Å². The number of benzene rings is 1. The van der Waals surface area contributed by atoms with Crippen molar-refractivity contribution < 1.29 is 13.3 Å². The lowest BCUT2D eigenvalue weighted by atomic mass is 10.3. The molecule has 1 heterocycles. The fraction of sp³-hybridized carbons (Fsp3) is 0.273. The highest BCUT2D eigenvalue weighted by atomic mass is 19.2. The summed E-state index contributed by atoms with van der Waals surface area (Å²) in [6, 6.07) is 3.58. The number of aryl methyl sites for hydroxylation is 1. The van der Waals surface area contributed by atoms with Crippen molar-refractivity contribution in [3.63, 3.8) is 0 Å². The minimum atomic E-state index is -0.891. The fourth-order valence-electron chi connectivity index (χ4n) is 1.29. The molecule has 1 aromatic heterocycles. The Bertz CT molecular complexity index is 513. The Kier molecular flexibility index (Phi) is 3.32. The second-order valence-corrected chi connectivity index (χ2v) is 3.44. The highest BCUT2D eigenvalue weighted by Crippen LogP contribution is 2.13. The number of nitrogens with one attached hydrogen (secondary N) is 1. The summed E-state index contributed by atoms with van der Waals surface area (Å²) in [6.45, 7) is 2.20. The number of hydrogen-bond donors (Lipinski definition) is 1. The maximum Gasteiger partial charge on any atom is 0.226 e. The van der Waals surface area contributed by atoms with Gasteiger partial charge in [0.05, 0.1) is 6.54 Å². The van der Waals surface area contributed by atoms with E-state index in [1.54, 1.807) is 0 Å². The smallest absolute Gasteiger partial charge is 0.226 e. The number of aromatic nitrogens is 2. The van der Waals surface area contributed by atoms with Gasteiger partial charge >= 0.3 is 0 Å². The lowest BCUT2D eigenvalue weighted by Crippen LogP contribution is -2.02. The van der Waals surface area contributed by atoms with E-state index >= 15 is 0 Å². The molecule has 0 radical (unpaired) electrons. The molecule has 0 unspecified atom stereocenters. The monoisotopic (exact) mass is 239 g/mol. The summed E-state index contributed by atoms with van der Waals surface area (Å²) < 4.78 is 30.5. The van der Waals surface area contributed by atoms with Crippen LogP contribution in [-0.4, -0.2) is 10.1 Å². The average molecular weight is 239 g/mol. The molecule has 0 atom stereocenters. The zero-order chi connectivity index (χ0) is 12.3. The first-order valence-corrected chi connectivity index (χ1v) is 5.19. The molecule has 1 N–H and O–H groups in total. The van der Waals surface area contributed by atoms with Crippen LogP contribution in [0.4, 0.5) is 14.5 Å². The van der Waals surface area contributed by atoms with Crippen molar-refractivity contribution in [2.24, 2.45) is 0 Å². The highest BCUT2D eigenvalue weighted by Gasteiger charge is 2.05. The molecule has 17 heavy (non-hydrogen) atoms. The molecule has 0 saturated heterocycles. The molecule has 6 heteroatoms. The SMILES string of the molecule is CCc1nc(CNc2ccc(F)c(F)c2)no1. The van der Waals surface area contributed by atoms with E-state index in [-0.39, 0.29) is 0 Å². The molecule has 0 aliphatic rings. The van der Waals surface area contributed by atoms with Gasteiger partial charge in [-0.3, -0.25) is 0 Å². The van der Waals surface area contributed by atoms with Gasteiger partial charge in [-0.2, -0.15) is 4.98 Å². The van der Waals surface area contributed by atoms with Crippen LogP contribution >= 0.6 is 0 Å². The summed E-state index contributed by atoms with van der Waals surface area (Å²) in [7, 11) is 0. The van der Waals surface area contributed by atoms with Crippen molar-refractivity contribution in [3.05, 3.63) is 41.5 Å². The summed E-state index contributed by atoms with van der Waals surface area (Å²) in [4.78, 5) is 4.08. The second kappa shape index (κ2) is 4.90. The summed E-state index contributed by atoms with van der Waals surface area (Å²) in [5.41, 5.74) is 0.465. The Labute approximate surface area is 96.6 Å². The van der Waals surface area contributed by atoms with E-state index in [0.29, 0.717) is 30.4 Å². The van der Waals surface area contributed by atoms with Crippen LogP contribution in [0.2, 0.25) is 0 Å². The first kappa shape index (κ1) is 11.5. The topological polar surface area (TPSA) is 51.0 Å². The van der Waals surface area contributed by atoms with Gasteiger partial charge in [-0.25, -0.2) is 8.78 Å². The molecule has 0 saturated carbocycles. The van der Waals surface area contributed by atoms with Gasteiger partial charge in [-0.1, -0.05) is 12.1 Å². The third kappa shape index (κ3) is 2.77. The minimum absolute atomic E-state index is 0.300. The van der Waals surface area contributed by atoms with Crippen LogP contribution in [0.25, 0.3) is 0 Å². The average Bonchev–Trinajstić information content (AvgIpc) is 2.79. The molecule has 1 aromatic carbocycles. The maximum atomic E-state index is 12.9. The number of hydrogen-bond acceptors (Lipinski definition) is 4. The van der Waals surface area contributed by atoms with E-state index < -0.39 is 11.6 Å². The van der Waals surface area contributed by atoms with Crippen molar-refractivity contribution in [1.29, 1.82) is 0 Å². The van der Waals surface area contributed by atoms with Gasteiger partial charge in [-0.05, 0) is 12.1 Å². The predicted octanol–water partition coefficient (Wildman–Crippen LogP) is 2.52. The van der Waals surface area contributed by atoms with Gasteiger partial charge < -0.3 is 9.84 Å². The third-order valence-electron chi connectivity index (χ3n) is 2.18. The number of anilines is 1. The fourth-order valence-corrected chi connectivity index (χ4v) is 1.29. The van der Waals surface area contributed by atoms with E-state index in [4.69, 9.17) is 4.52 Å². The third-order valence-corrected chi connectivity index (χ3v) is 2.18. The highest BCUT2D eigenvalue weighted by molar-refractivity contribution is 5.43. The molecule has 0 fully saturated rings. The van der Waals surface area contributed by atoms with Crippen LogP contribution < -0.4 is 5.32 Å². The Morgan fingerprint density at radius 3 is 2.76 bits per heavy atom. The first-order chi connectivity index (χ1) is 8.19. The number of rotatable bonds is 4. The van der Waals surface area contributed by atoms with Crippen molar-refractivity contribution >= 4 is 5.69 Å². The van der Waals surface area contributed by atoms with Crippen molar-refractivity contribution in [2.75, 3.05) is 5.32 Å². The van der Waals surface area contributed by atoms with Gasteiger partial charge in [0.15, 0.2) is 17.5 Å². The van der Waals surface area contributed by atoms with E-state index in [1.807, 2.05) is 6.92 Å². The minimum Gasteiger partial charge on any atom is -0.378 e. The quantitative estimate of drug-likeness (QED) is 0.890. The molecule has 0 bridgehead atoms. The van der Waals surface area contributed by atoms with Crippen LogP contribution in [0.1, 0.15) is 18.6 Å². The summed E-state index contributed by atoms with van der Waals surface area (Å²) in [5, 5.41) is 6.60. The number of halogens is 2. The maximum absolute atomic E-state index is 12.9. The largest absolute Gasteiger partial charge is 0.378 e. The van der Waals surface area contributed by atoms with Crippen LogP contribution in [0.5, 0.6) is 0 Å². The summed E-state index contributed by atoms with van der Waals surface area (Å²) in [6.07, 6.45) is 0.665. The van der Waals surface area contributed by atoms with E-state index in [2.05, 4.69) is 15.5 Å². The standard InChI is InChI=1S/C11H11F2N3O/c1-2-11-15-10(16-17-11)6-14-7-3-4-8(12)9(13)5-7/h3-5,14H,2,6H2,1H3. The van der Waals surface area contributed by atoms with Crippen LogP contribution in [-0.2, 0) is 13.0 Å². The van der Waals surface area contributed by atoms with E-state index in [1.165, 1.54) is 6.07 Å². The summed E-state index contributed by atoms with van der Waals surface area (Å²) >= 11 is 0. The van der Waals surface area contributed by atoms with Gasteiger partial charge in [0, 0.05) is 18.2 Å². The Hall–Kier alpha value is -1.98. The van der Waals surface area contributed by atoms with E-state index in [0.717, 1.165) is 12.1 Å². The Morgan fingerprint density at radius 1 is 1.29 bits per heavy atom. The predicted molar refractivity (Wildman–Crippen MR) is 57.4 cm³/mol. The molecule has 0 amide bonds. The van der Waals surface area contributed by atoms with Crippen LogP contribution in [0.3, 0.4) is 0 Å². The molecule has 90 valence electrons. The molecular formula is C11H11F2N3O. The van der Waals surface area contributed by atoms with Crippen molar-refractivity contribution in [1.82, 2.24) is 10.1 Å². The normalized spacial score (nSPS) is 10.5. The molecule has 0 aliphatic heterocycles. The Morgan fingerprint density at radius 2 is 2.12 bits per heavy atom. The van der Waals surface area contributed by atoms with Gasteiger partial charge in [0.1, 0.15) is 0 Å². The molecular weight excluding hydrogens is 228 g/mol. The molecule has 0 spiro atoms. The van der Waals surface area contributed by atoms with E-state index in [9.17, 15) is 8.78 Å². The first-order valence-electron chi connectivity index (χ1n) is 5.19. The lowest BCUT2D eigenvalue weighted by molar-refractivity contribution is 0.377. The second-order valence-electron chi connectivity index (χ2n) is 3.44. The molecule has 2 aromatic rings. The molecule has 4 nitrogen and oxygen atoms in total. The molecule has 0 aliphatic carbocycles. The number of nitrogens with zero attached hydrogens (tertiary/aromatic N) is 2. The van der Waals surface area contributed by atoms with Gasteiger partial charge in [0.2, 0.25) is 5.89 Å². The van der Waals surface area contributed by atoms with Crippen molar-refractivity contribution in [3.8, 4) is 0 Å². The zero-order valence-electron chi connectivity index (χ0n) is 9.20. The van der Waals surface area contributed by atoms with Crippen LogP contribution in [0.15, 0.2) is 22.7 Å².